The quantitative estimate of drug-likeness (QED) is 0.689. The highest BCUT2D eigenvalue weighted by molar-refractivity contribution is 5.85. The molecule has 1 saturated heterocycles. The van der Waals surface area contributed by atoms with E-state index in [1.807, 2.05) is 13.8 Å². The van der Waals surface area contributed by atoms with E-state index in [0.717, 1.165) is 25.1 Å². The van der Waals surface area contributed by atoms with Crippen LogP contribution in [0.4, 0.5) is 0 Å². The van der Waals surface area contributed by atoms with Crippen molar-refractivity contribution in [2.45, 2.75) is 65.5 Å². The first-order valence-electron chi connectivity index (χ1n) is 9.00. The van der Waals surface area contributed by atoms with Crippen LogP contribution >= 0.6 is 12.4 Å². The van der Waals surface area contributed by atoms with E-state index in [1.54, 1.807) is 0 Å². The van der Waals surface area contributed by atoms with Crippen molar-refractivity contribution in [1.29, 1.82) is 0 Å². The molecule has 24 heavy (non-hydrogen) atoms. The van der Waals surface area contributed by atoms with Gasteiger partial charge in [0.25, 0.3) is 0 Å². The molecule has 1 aliphatic heterocycles. The first-order valence-corrected chi connectivity index (χ1v) is 9.00. The minimum atomic E-state index is -0.213. The third kappa shape index (κ3) is 6.10. The molecule has 2 atom stereocenters. The van der Waals surface area contributed by atoms with Crippen molar-refractivity contribution in [3.63, 3.8) is 0 Å². The molecule has 0 N–H and O–H groups in total. The number of ether oxygens (including phenoxy) is 1. The fourth-order valence-corrected chi connectivity index (χ4v) is 3.18. The van der Waals surface area contributed by atoms with Crippen molar-refractivity contribution in [1.82, 2.24) is 4.90 Å². The molecular weight excluding hydrogens is 322 g/mol. The van der Waals surface area contributed by atoms with Crippen LogP contribution in [0.25, 0.3) is 0 Å². The monoisotopic (exact) mass is 353 g/mol. The Labute approximate surface area is 153 Å². The fourth-order valence-electron chi connectivity index (χ4n) is 3.18. The van der Waals surface area contributed by atoms with Gasteiger partial charge < -0.3 is 4.74 Å². The lowest BCUT2D eigenvalue weighted by atomic mass is 9.97. The molecule has 0 amide bonds. The summed E-state index contributed by atoms with van der Waals surface area (Å²) in [7, 11) is 0. The Morgan fingerprint density at radius 1 is 1.04 bits per heavy atom. The zero-order valence-corrected chi connectivity index (χ0v) is 16.3. The molecule has 1 aliphatic rings. The number of hydrogen-bond acceptors (Lipinski definition) is 3. The van der Waals surface area contributed by atoms with Gasteiger partial charge in [0.1, 0.15) is 0 Å². The number of halogens is 1. The lowest BCUT2D eigenvalue weighted by molar-refractivity contribution is -0.159. The maximum absolute atomic E-state index is 12.4. The standard InChI is InChI=1S/C20H31NO2.ClH/c1-15(2)14-18-8-10-19(11-9-18)16(3)20(22)23-17(4)21-12-6-5-7-13-21;/h8-11,15-17H,5-7,12-14H2,1-4H3;1H. The molecule has 0 bridgehead atoms. The highest BCUT2D eigenvalue weighted by atomic mass is 35.5. The first-order chi connectivity index (χ1) is 11.0. The number of rotatable bonds is 6. The molecule has 2 unspecified atom stereocenters. The molecule has 1 heterocycles. The van der Waals surface area contributed by atoms with Crippen LogP contribution in [0, 0.1) is 5.92 Å². The summed E-state index contributed by atoms with van der Waals surface area (Å²) < 4.78 is 5.69. The Bertz CT molecular complexity index is 495. The molecule has 3 nitrogen and oxygen atoms in total. The number of carbonyl (C=O) groups is 1. The minimum absolute atomic E-state index is 0. The number of hydrogen-bond donors (Lipinski definition) is 0. The third-order valence-electron chi connectivity index (χ3n) is 4.67. The summed E-state index contributed by atoms with van der Waals surface area (Å²) in [4.78, 5) is 14.7. The van der Waals surface area contributed by atoms with E-state index in [-0.39, 0.29) is 30.5 Å². The second kappa shape index (κ2) is 10.0. The molecule has 1 fully saturated rings. The minimum Gasteiger partial charge on any atom is -0.446 e. The van der Waals surface area contributed by atoms with Crippen LogP contribution < -0.4 is 0 Å². The number of likely N-dealkylation sites (tertiary alicyclic amines) is 1. The van der Waals surface area contributed by atoms with Crippen LogP contribution in [0.1, 0.15) is 64.0 Å². The van der Waals surface area contributed by atoms with Gasteiger partial charge in [-0.3, -0.25) is 9.69 Å². The molecule has 0 aromatic heterocycles. The van der Waals surface area contributed by atoms with Gasteiger partial charge in [-0.15, -0.1) is 12.4 Å². The normalized spacial score (nSPS) is 17.9. The molecule has 0 aliphatic carbocycles. The lowest BCUT2D eigenvalue weighted by Gasteiger charge is -2.32. The predicted molar refractivity (Wildman–Crippen MR) is 102 cm³/mol. The van der Waals surface area contributed by atoms with E-state index in [1.165, 1.54) is 24.8 Å². The SMILES string of the molecule is CC(C)Cc1ccc(C(C)C(=O)OC(C)N2CCCCC2)cc1.Cl. The van der Waals surface area contributed by atoms with E-state index >= 15 is 0 Å². The van der Waals surface area contributed by atoms with Crippen LogP contribution in [0.3, 0.4) is 0 Å². The predicted octanol–water partition coefficient (Wildman–Crippen LogP) is 4.79. The van der Waals surface area contributed by atoms with Crippen molar-refractivity contribution in [2.75, 3.05) is 13.1 Å². The number of carbonyl (C=O) groups excluding carboxylic acids is 1. The molecule has 1 aromatic rings. The van der Waals surface area contributed by atoms with E-state index in [9.17, 15) is 4.79 Å². The van der Waals surface area contributed by atoms with Gasteiger partial charge in [-0.2, -0.15) is 0 Å². The lowest BCUT2D eigenvalue weighted by Crippen LogP contribution is -2.40. The first kappa shape index (κ1) is 21.0. The van der Waals surface area contributed by atoms with Gasteiger partial charge >= 0.3 is 5.97 Å². The van der Waals surface area contributed by atoms with Gasteiger partial charge in [0.05, 0.1) is 5.92 Å². The fraction of sp³-hybridized carbons (Fsp3) is 0.650. The van der Waals surface area contributed by atoms with Crippen molar-refractivity contribution in [2.24, 2.45) is 5.92 Å². The Morgan fingerprint density at radius 3 is 2.17 bits per heavy atom. The number of benzene rings is 1. The van der Waals surface area contributed by atoms with Crippen LogP contribution in [0.2, 0.25) is 0 Å². The number of piperidine rings is 1. The van der Waals surface area contributed by atoms with E-state index in [0.29, 0.717) is 5.92 Å². The van der Waals surface area contributed by atoms with Crippen LogP contribution in [-0.4, -0.2) is 30.2 Å². The Balaban J connectivity index is 0.00000288. The van der Waals surface area contributed by atoms with Crippen molar-refractivity contribution >= 4 is 18.4 Å². The maximum Gasteiger partial charge on any atom is 0.314 e. The second-order valence-corrected chi connectivity index (χ2v) is 7.19. The van der Waals surface area contributed by atoms with Crippen molar-refractivity contribution in [3.8, 4) is 0 Å². The summed E-state index contributed by atoms with van der Waals surface area (Å²) in [6, 6.07) is 8.39. The molecule has 2 rings (SSSR count). The van der Waals surface area contributed by atoms with Gasteiger partial charge in [0.2, 0.25) is 0 Å². The Morgan fingerprint density at radius 2 is 1.62 bits per heavy atom. The van der Waals surface area contributed by atoms with Gasteiger partial charge in [-0.05, 0) is 50.2 Å². The summed E-state index contributed by atoms with van der Waals surface area (Å²) in [5.41, 5.74) is 2.36. The second-order valence-electron chi connectivity index (χ2n) is 7.19. The molecular formula is C20H32ClNO2. The van der Waals surface area contributed by atoms with Gasteiger partial charge in [-0.25, -0.2) is 0 Å². The highest BCUT2D eigenvalue weighted by Gasteiger charge is 2.23. The summed E-state index contributed by atoms with van der Waals surface area (Å²) in [5, 5.41) is 0. The summed E-state index contributed by atoms with van der Waals surface area (Å²) in [5.74, 6) is 0.309. The zero-order valence-electron chi connectivity index (χ0n) is 15.5. The van der Waals surface area contributed by atoms with Crippen molar-refractivity contribution < 1.29 is 9.53 Å². The van der Waals surface area contributed by atoms with Crippen LogP contribution in [-0.2, 0) is 16.0 Å². The average Bonchev–Trinajstić information content (AvgIpc) is 2.55. The van der Waals surface area contributed by atoms with E-state index in [4.69, 9.17) is 4.74 Å². The van der Waals surface area contributed by atoms with Crippen molar-refractivity contribution in [3.05, 3.63) is 35.4 Å². The number of esters is 1. The van der Waals surface area contributed by atoms with Crippen LogP contribution in [0.15, 0.2) is 24.3 Å². The van der Waals surface area contributed by atoms with Gasteiger partial charge in [-0.1, -0.05) is 44.5 Å². The van der Waals surface area contributed by atoms with E-state index < -0.39 is 0 Å². The summed E-state index contributed by atoms with van der Waals surface area (Å²) >= 11 is 0. The average molecular weight is 354 g/mol. The summed E-state index contributed by atoms with van der Waals surface area (Å²) in [6.07, 6.45) is 4.65. The highest BCUT2D eigenvalue weighted by Crippen LogP contribution is 2.21. The third-order valence-corrected chi connectivity index (χ3v) is 4.67. The van der Waals surface area contributed by atoms with Gasteiger partial charge in [0.15, 0.2) is 6.23 Å². The van der Waals surface area contributed by atoms with Gasteiger partial charge in [0, 0.05) is 13.1 Å². The van der Waals surface area contributed by atoms with E-state index in [2.05, 4.69) is 43.0 Å². The molecule has 0 saturated carbocycles. The Hall–Kier alpha value is -1.06. The smallest absolute Gasteiger partial charge is 0.314 e. The molecule has 1 aromatic carbocycles. The molecule has 0 spiro atoms. The number of nitrogens with zero attached hydrogens (tertiary/aromatic N) is 1. The molecule has 136 valence electrons. The topological polar surface area (TPSA) is 29.5 Å². The van der Waals surface area contributed by atoms with Crippen LogP contribution in [0.5, 0.6) is 0 Å². The zero-order chi connectivity index (χ0) is 16.8. The largest absolute Gasteiger partial charge is 0.446 e. The molecule has 4 heteroatoms. The summed E-state index contributed by atoms with van der Waals surface area (Å²) in [6.45, 7) is 10.4. The molecule has 0 radical (unpaired) electrons. The Kier molecular flexibility index (Phi) is 8.79. The maximum atomic E-state index is 12.4.